The number of aliphatic carboxylic acids is 1. The minimum atomic E-state index is -4.71. The molecule has 0 fully saturated rings. The number of methoxy groups -OCH3 is 2. The molecule has 2 unspecified atom stereocenters. The molecule has 1 aliphatic rings. The molecule has 0 radical (unpaired) electrons. The maximum atomic E-state index is 14.3. The molecule has 2 amide bonds. The average Bonchev–Trinajstić information content (AvgIpc) is 3.73. The lowest BCUT2D eigenvalue weighted by Gasteiger charge is -2.15. The molecule has 0 spiro atoms. The van der Waals surface area contributed by atoms with Crippen LogP contribution < -0.4 is 39.7 Å². The molecule has 8 N–H and O–H groups in total. The quantitative estimate of drug-likeness (QED) is 0.0199. The summed E-state index contributed by atoms with van der Waals surface area (Å²) in [5.41, 5.74) is 4.42. The number of nitrogens with one attached hydrogen (secondary N) is 2. The number of rotatable bonds is 18. The number of amides is 2. The zero-order valence-corrected chi connectivity index (χ0v) is 46.1. The third-order valence-electron chi connectivity index (χ3n) is 9.29. The summed E-state index contributed by atoms with van der Waals surface area (Å²) >= 11 is 19.5. The topological polar surface area (TPSA) is 370 Å². The molecule has 37 heteroatoms. The number of ether oxygens (including phenoxy) is 4. The van der Waals surface area contributed by atoms with Gasteiger partial charge in [-0.05, 0) is 67.0 Å². The number of carbonyl (C=O) groups excluding carboxylic acids is 2. The van der Waals surface area contributed by atoms with Gasteiger partial charge in [-0.3, -0.25) is 28.9 Å². The zero-order chi connectivity index (χ0) is 59.5. The van der Waals surface area contributed by atoms with E-state index in [0.717, 1.165) is 54.1 Å². The second-order valence-corrected chi connectivity index (χ2v) is 22.4. The SMILES string of the molecule is COC(=O)CSc1cc(N=c2sc(=O)n3n2CCCC3)c(F)cc1Cl.COc1c(Cl)ccc(Cl)c1C(=O)O.CP(=O)(O)CCC(N)C(=O)O.O=C(Nc1nc(OC(F)F)cc(OC(F)F)n1)NS(=O)(=O)c1ccccc1C(=O)O. The van der Waals surface area contributed by atoms with E-state index in [4.69, 9.17) is 65.5 Å². The van der Waals surface area contributed by atoms with Crippen LogP contribution in [-0.4, -0.2) is 130 Å². The Kier molecular flexibility index (Phi) is 25.9. The van der Waals surface area contributed by atoms with Crippen molar-refractivity contribution in [1.29, 1.82) is 0 Å². The lowest BCUT2D eigenvalue weighted by Crippen LogP contribution is -2.35. The summed E-state index contributed by atoms with van der Waals surface area (Å²) in [6.45, 7) is -4.31. The van der Waals surface area contributed by atoms with Gasteiger partial charge in [0.1, 0.15) is 28.0 Å². The monoisotopic (exact) mass is 1260 g/mol. The molecule has 25 nitrogen and oxygen atoms in total. The minimum absolute atomic E-state index is 0.0412. The Bertz CT molecular complexity index is 3290. The first kappa shape index (κ1) is 66.7. The molecule has 432 valence electrons. The molecule has 79 heavy (non-hydrogen) atoms. The van der Waals surface area contributed by atoms with E-state index in [0.29, 0.717) is 28.9 Å². The number of hydrogen-bond acceptors (Lipinski definition) is 19. The number of carbonyl (C=O) groups is 5. The fourth-order valence-electron chi connectivity index (χ4n) is 5.81. The highest BCUT2D eigenvalue weighted by molar-refractivity contribution is 8.00. The second-order valence-electron chi connectivity index (χ2n) is 15.1. The first-order valence-corrected chi connectivity index (χ1v) is 28.1. The van der Waals surface area contributed by atoms with Crippen molar-refractivity contribution in [1.82, 2.24) is 24.1 Å². The van der Waals surface area contributed by atoms with E-state index in [2.05, 4.69) is 29.2 Å². The molecule has 1 aliphatic heterocycles. The van der Waals surface area contributed by atoms with Crippen LogP contribution in [0.2, 0.25) is 15.1 Å². The third kappa shape index (κ3) is 21.5. The molecule has 0 bridgehead atoms. The Hall–Kier alpha value is -6.58. The predicted octanol–water partition coefficient (Wildman–Crippen LogP) is 7.07. The molecule has 0 saturated carbocycles. The van der Waals surface area contributed by atoms with Crippen molar-refractivity contribution in [2.24, 2.45) is 10.7 Å². The maximum absolute atomic E-state index is 14.3. The van der Waals surface area contributed by atoms with Gasteiger partial charge in [0.15, 0.2) is 13.1 Å². The van der Waals surface area contributed by atoms with E-state index in [1.807, 2.05) is 0 Å². The van der Waals surface area contributed by atoms with Gasteiger partial charge in [0.2, 0.25) is 22.5 Å². The number of thioether (sulfide) groups is 1. The number of nitrogens with zero attached hydrogens (tertiary/aromatic N) is 5. The van der Waals surface area contributed by atoms with Crippen molar-refractivity contribution >= 4 is 117 Å². The van der Waals surface area contributed by atoms with Crippen molar-refractivity contribution in [3.63, 3.8) is 0 Å². The number of nitrogens with two attached hydrogens (primary N) is 1. The van der Waals surface area contributed by atoms with Crippen LogP contribution >= 0.6 is 65.3 Å². The number of urea groups is 1. The van der Waals surface area contributed by atoms with Gasteiger partial charge in [-0.25, -0.2) is 41.6 Å². The van der Waals surface area contributed by atoms with E-state index in [1.54, 1.807) is 14.7 Å². The number of anilines is 1. The minimum Gasteiger partial charge on any atom is -0.494 e. The zero-order valence-electron chi connectivity index (χ0n) is 40.5. The van der Waals surface area contributed by atoms with E-state index in [-0.39, 0.29) is 55.3 Å². The Morgan fingerprint density at radius 3 is 2.00 bits per heavy atom. The number of hydrogen-bond donors (Lipinski definition) is 7. The normalized spacial score (nSPS) is 13.1. The Morgan fingerprint density at radius 2 is 1.48 bits per heavy atom. The molecule has 3 heterocycles. The fraction of sp³-hybridized carbons (Fsp3) is 0.310. The predicted molar refractivity (Wildman–Crippen MR) is 274 cm³/mol. The van der Waals surface area contributed by atoms with Crippen LogP contribution in [0.1, 0.15) is 40.0 Å². The molecule has 5 aromatic rings. The molecule has 0 aliphatic carbocycles. The van der Waals surface area contributed by atoms with E-state index in [9.17, 15) is 63.7 Å². The number of aromatic nitrogens is 4. The van der Waals surface area contributed by atoms with Crippen molar-refractivity contribution in [3.8, 4) is 17.5 Å². The van der Waals surface area contributed by atoms with Gasteiger partial charge in [-0.2, -0.15) is 27.5 Å². The molecule has 0 saturated heterocycles. The highest BCUT2D eigenvalue weighted by Crippen LogP contribution is 2.36. The smallest absolute Gasteiger partial charge is 0.388 e. The fourth-order valence-corrected chi connectivity index (χ4v) is 10.1. The first-order chi connectivity index (χ1) is 36.9. The maximum Gasteiger partial charge on any atom is 0.388 e. The highest BCUT2D eigenvalue weighted by Gasteiger charge is 2.26. The van der Waals surface area contributed by atoms with Gasteiger partial charge < -0.3 is 44.9 Å². The average molecular weight is 1260 g/mol. The Balaban J connectivity index is 0.000000299. The largest absolute Gasteiger partial charge is 0.494 e. The van der Waals surface area contributed by atoms with Crippen LogP contribution in [0.5, 0.6) is 17.5 Å². The molecule has 3 aromatic carbocycles. The number of aromatic carboxylic acids is 2. The van der Waals surface area contributed by atoms with E-state index < -0.39 is 101 Å². The summed E-state index contributed by atoms with van der Waals surface area (Å²) in [7, 11) is -5.18. The number of carboxylic acid groups (broad SMARTS) is 3. The highest BCUT2D eigenvalue weighted by atomic mass is 35.5. The molecule has 6 rings (SSSR count). The molecular formula is C42H43Cl3F5N8O17PS3. The summed E-state index contributed by atoms with van der Waals surface area (Å²) in [6, 6.07) is 7.73. The third-order valence-corrected chi connectivity index (χ3v) is 14.7. The van der Waals surface area contributed by atoms with Gasteiger partial charge in [0.25, 0.3) is 10.0 Å². The number of alkyl halides is 4. The summed E-state index contributed by atoms with van der Waals surface area (Å²) in [5.74, 6) is -7.60. The van der Waals surface area contributed by atoms with Crippen LogP contribution in [0.4, 0.5) is 38.4 Å². The first-order valence-electron chi connectivity index (χ1n) is 21.4. The number of sulfonamides is 1. The molecule has 2 atom stereocenters. The lowest BCUT2D eigenvalue weighted by molar-refractivity contribution is -0.139. The van der Waals surface area contributed by atoms with Crippen LogP contribution in [0.3, 0.4) is 0 Å². The summed E-state index contributed by atoms with van der Waals surface area (Å²) in [6.07, 6.45) is 1.90. The van der Waals surface area contributed by atoms with Crippen LogP contribution in [0, 0.1) is 5.82 Å². The number of fused-ring (bicyclic) bond motifs is 1. The van der Waals surface area contributed by atoms with E-state index >= 15 is 0 Å². The standard InChI is InChI=1S/C15H15ClFN3O3S2.C14H10F4N4O7S.C8H6Cl2O3.C5H12NO4P/c1-23-13(21)8-24-12-7-11(10(17)6-9(12)16)18-14-19-4-2-3-5-20(19)15(22)25-14;15-11(16)28-8-5-9(29-12(17)18)20-13(19-8)21-14(25)22-30(26,27)7-4-2-1-3-6(7)10(23)24;1-13-7-5(10)3-2-4(9)6(7)8(11)12;1-11(9,10)3-2-4(6)5(7)8/h6-7H,2-5,8H2,1H3;1-5,11-12H,(H,23,24)(H2,19,20,21,22,25);2-3H,1H3,(H,11,12);4H,2-3,6H2,1H3,(H,7,8)(H,9,10). The number of carboxylic acids is 3. The van der Waals surface area contributed by atoms with Crippen LogP contribution in [0.25, 0.3) is 0 Å². The van der Waals surface area contributed by atoms with Crippen molar-refractivity contribution < 1.29 is 98.1 Å². The van der Waals surface area contributed by atoms with Crippen LogP contribution in [-0.2, 0) is 42.0 Å². The van der Waals surface area contributed by atoms with Gasteiger partial charge in [0.05, 0.1) is 46.7 Å². The van der Waals surface area contributed by atoms with Crippen molar-refractivity contribution in [2.45, 2.75) is 61.4 Å². The Labute approximate surface area is 465 Å². The number of benzene rings is 3. The van der Waals surface area contributed by atoms with Crippen LogP contribution in [0.15, 0.2) is 74.2 Å². The summed E-state index contributed by atoms with van der Waals surface area (Å²) in [4.78, 5) is 87.0. The Morgan fingerprint density at radius 1 is 0.899 bits per heavy atom. The van der Waals surface area contributed by atoms with Gasteiger partial charge in [0, 0.05) is 30.8 Å². The molecular weight excluding hydrogens is 1220 g/mol. The molecule has 2 aromatic heterocycles. The van der Waals surface area contributed by atoms with Gasteiger partial charge in [-0.15, -0.1) is 11.8 Å². The number of esters is 1. The van der Waals surface area contributed by atoms with Crippen molar-refractivity contribution in [2.75, 3.05) is 38.1 Å². The summed E-state index contributed by atoms with van der Waals surface area (Å²) < 4.78 is 121. The van der Waals surface area contributed by atoms with Crippen molar-refractivity contribution in [3.05, 3.63) is 101 Å². The lowest BCUT2D eigenvalue weighted by atomic mass is 10.2. The van der Waals surface area contributed by atoms with Gasteiger partial charge in [-0.1, -0.05) is 46.9 Å². The van der Waals surface area contributed by atoms with E-state index in [1.165, 1.54) is 55.9 Å². The second kappa shape index (κ2) is 30.7. The number of halogens is 8. The van der Waals surface area contributed by atoms with Gasteiger partial charge >= 0.3 is 48.0 Å². The summed E-state index contributed by atoms with van der Waals surface area (Å²) in [5, 5.41) is 28.3.